The first-order chi connectivity index (χ1) is 9.03. The van der Waals surface area contributed by atoms with Crippen molar-refractivity contribution < 1.29 is 4.79 Å². The number of nitrogens with one attached hydrogen (secondary N) is 1. The van der Waals surface area contributed by atoms with E-state index in [2.05, 4.69) is 24.3 Å². The first-order valence-corrected chi connectivity index (χ1v) is 7.10. The van der Waals surface area contributed by atoms with Gasteiger partial charge in [-0.2, -0.15) is 5.10 Å². The van der Waals surface area contributed by atoms with Crippen LogP contribution in [-0.2, 0) is 13.5 Å². The molecule has 0 aliphatic carbocycles. The molecule has 1 atom stereocenters. The van der Waals surface area contributed by atoms with Crippen molar-refractivity contribution in [3.05, 3.63) is 17.5 Å². The molecule has 3 N–H and O–H groups in total. The summed E-state index contributed by atoms with van der Waals surface area (Å²) in [4.78, 5) is 12.1. The largest absolute Gasteiger partial charge is 0.349 e. The topological polar surface area (TPSA) is 72.9 Å². The molecule has 0 aliphatic rings. The Morgan fingerprint density at radius 2 is 2.05 bits per heavy atom. The molecule has 108 valence electrons. The Morgan fingerprint density at radius 3 is 2.53 bits per heavy atom. The first-order valence-electron chi connectivity index (χ1n) is 7.10. The molecule has 1 amide bonds. The van der Waals surface area contributed by atoms with E-state index in [-0.39, 0.29) is 11.9 Å². The summed E-state index contributed by atoms with van der Waals surface area (Å²) >= 11 is 0. The second-order valence-electron chi connectivity index (χ2n) is 4.95. The van der Waals surface area contributed by atoms with E-state index >= 15 is 0 Å². The molecule has 0 radical (unpaired) electrons. The third-order valence-electron chi connectivity index (χ3n) is 3.68. The van der Waals surface area contributed by atoms with Gasteiger partial charge in [-0.25, -0.2) is 0 Å². The van der Waals surface area contributed by atoms with E-state index < -0.39 is 0 Å². The van der Waals surface area contributed by atoms with E-state index in [1.165, 1.54) is 0 Å². The highest BCUT2D eigenvalue weighted by atomic mass is 16.2. The number of carbonyl (C=O) groups is 1. The van der Waals surface area contributed by atoms with Crippen molar-refractivity contribution >= 4 is 5.91 Å². The maximum Gasteiger partial charge on any atom is 0.269 e. The minimum absolute atomic E-state index is 0.0119. The van der Waals surface area contributed by atoms with E-state index in [9.17, 15) is 4.79 Å². The van der Waals surface area contributed by atoms with E-state index in [1.807, 2.05) is 13.0 Å². The number of hydrogen-bond donors (Lipinski definition) is 2. The van der Waals surface area contributed by atoms with Gasteiger partial charge in [0.1, 0.15) is 5.69 Å². The fraction of sp³-hybridized carbons (Fsp3) is 0.714. The second kappa shape index (κ2) is 7.28. The van der Waals surface area contributed by atoms with Gasteiger partial charge >= 0.3 is 0 Å². The monoisotopic (exact) mass is 266 g/mol. The van der Waals surface area contributed by atoms with Gasteiger partial charge < -0.3 is 11.1 Å². The summed E-state index contributed by atoms with van der Waals surface area (Å²) in [5.41, 5.74) is 7.62. The van der Waals surface area contributed by atoms with Crippen LogP contribution >= 0.6 is 0 Å². The average Bonchev–Trinajstić information content (AvgIpc) is 2.78. The average molecular weight is 266 g/mol. The maximum atomic E-state index is 12.1. The highest BCUT2D eigenvalue weighted by Crippen LogP contribution is 2.11. The van der Waals surface area contributed by atoms with E-state index in [0.717, 1.165) is 25.0 Å². The van der Waals surface area contributed by atoms with Gasteiger partial charge in [0.15, 0.2) is 0 Å². The zero-order valence-corrected chi connectivity index (χ0v) is 12.4. The fourth-order valence-corrected chi connectivity index (χ4v) is 2.27. The molecule has 1 heterocycles. The minimum atomic E-state index is -0.101. The molecule has 0 aromatic carbocycles. The van der Waals surface area contributed by atoms with Crippen LogP contribution in [0.5, 0.6) is 0 Å². The molecular weight excluding hydrogens is 240 g/mol. The molecule has 0 bridgehead atoms. The van der Waals surface area contributed by atoms with Crippen LogP contribution in [0.3, 0.4) is 0 Å². The summed E-state index contributed by atoms with van der Waals surface area (Å²) in [5.74, 6) is 0.356. The number of hydrogen-bond acceptors (Lipinski definition) is 3. The zero-order valence-electron chi connectivity index (χ0n) is 12.4. The Bertz CT molecular complexity index is 410. The van der Waals surface area contributed by atoms with Crippen molar-refractivity contribution in [2.24, 2.45) is 18.7 Å². The highest BCUT2D eigenvalue weighted by Gasteiger charge is 2.17. The lowest BCUT2D eigenvalue weighted by atomic mass is 9.95. The van der Waals surface area contributed by atoms with Crippen molar-refractivity contribution in [2.45, 2.75) is 46.1 Å². The Balaban J connectivity index is 2.57. The van der Waals surface area contributed by atoms with Gasteiger partial charge in [-0.05, 0) is 18.4 Å². The molecule has 19 heavy (non-hydrogen) atoms. The molecule has 0 spiro atoms. The lowest BCUT2D eigenvalue weighted by Crippen LogP contribution is -2.42. The number of carbonyl (C=O) groups excluding carboxylic acids is 1. The molecule has 5 nitrogen and oxygen atoms in total. The zero-order chi connectivity index (χ0) is 14.4. The summed E-state index contributed by atoms with van der Waals surface area (Å²) in [6, 6.07) is 1.84. The Hall–Kier alpha value is -1.36. The van der Waals surface area contributed by atoms with E-state index in [1.54, 1.807) is 11.7 Å². The van der Waals surface area contributed by atoms with E-state index in [4.69, 9.17) is 5.73 Å². The predicted octanol–water partition coefficient (Wildman–Crippen LogP) is 1.48. The van der Waals surface area contributed by atoms with Crippen molar-refractivity contribution in [2.75, 3.05) is 6.54 Å². The van der Waals surface area contributed by atoms with Crippen LogP contribution < -0.4 is 11.1 Å². The molecule has 0 saturated carbocycles. The molecule has 0 saturated heterocycles. The number of aromatic nitrogens is 2. The normalized spacial score (nSPS) is 12.7. The second-order valence-corrected chi connectivity index (χ2v) is 4.95. The van der Waals surface area contributed by atoms with Gasteiger partial charge in [0.2, 0.25) is 0 Å². The molecule has 0 fully saturated rings. The molecular formula is C14H26N4O. The SMILES string of the molecule is CCc1cc(C(=O)NCC(N)C(CC)CC)n(C)n1. The van der Waals surface area contributed by atoms with Crippen LogP contribution in [0.2, 0.25) is 0 Å². The smallest absolute Gasteiger partial charge is 0.269 e. The molecule has 1 unspecified atom stereocenters. The molecule has 0 aliphatic heterocycles. The molecule has 1 aromatic rings. The molecule has 1 rings (SSSR count). The number of nitrogens with zero attached hydrogens (tertiary/aromatic N) is 2. The lowest BCUT2D eigenvalue weighted by molar-refractivity contribution is 0.0938. The van der Waals surface area contributed by atoms with Crippen LogP contribution in [-0.4, -0.2) is 28.3 Å². The number of nitrogens with two attached hydrogens (primary N) is 1. The third kappa shape index (κ3) is 4.06. The minimum Gasteiger partial charge on any atom is -0.349 e. The summed E-state index contributed by atoms with van der Waals surface area (Å²) in [5, 5.41) is 7.17. The van der Waals surface area contributed by atoms with Crippen LogP contribution in [0.1, 0.15) is 49.8 Å². The van der Waals surface area contributed by atoms with Gasteiger partial charge in [-0.3, -0.25) is 9.48 Å². The molecule has 5 heteroatoms. The lowest BCUT2D eigenvalue weighted by Gasteiger charge is -2.21. The van der Waals surface area contributed by atoms with Crippen molar-refractivity contribution in [1.82, 2.24) is 15.1 Å². The summed E-state index contributed by atoms with van der Waals surface area (Å²) in [6.45, 7) is 6.79. The first kappa shape index (κ1) is 15.7. The number of aryl methyl sites for hydroxylation is 2. The van der Waals surface area contributed by atoms with E-state index in [0.29, 0.717) is 18.2 Å². The third-order valence-corrected chi connectivity index (χ3v) is 3.68. The Morgan fingerprint density at radius 1 is 1.42 bits per heavy atom. The number of rotatable bonds is 7. The summed E-state index contributed by atoms with van der Waals surface area (Å²) in [6.07, 6.45) is 2.91. The van der Waals surface area contributed by atoms with Gasteiger partial charge in [-0.1, -0.05) is 33.6 Å². The number of amides is 1. The standard InChI is InChI=1S/C14H26N4O/c1-5-10(6-2)12(15)9-16-14(19)13-8-11(7-3)17-18(13)4/h8,10,12H,5-7,9,15H2,1-4H3,(H,16,19). The van der Waals surface area contributed by atoms with Crippen LogP contribution in [0, 0.1) is 5.92 Å². The quantitative estimate of drug-likeness (QED) is 0.785. The van der Waals surface area contributed by atoms with Gasteiger partial charge in [-0.15, -0.1) is 0 Å². The van der Waals surface area contributed by atoms with Gasteiger partial charge in [0, 0.05) is 19.6 Å². The van der Waals surface area contributed by atoms with Crippen LogP contribution in [0.15, 0.2) is 6.07 Å². The Kier molecular flexibility index (Phi) is 6.02. The fourth-order valence-electron chi connectivity index (χ4n) is 2.27. The van der Waals surface area contributed by atoms with Crippen molar-refractivity contribution in [1.29, 1.82) is 0 Å². The van der Waals surface area contributed by atoms with Crippen molar-refractivity contribution in [3.63, 3.8) is 0 Å². The maximum absolute atomic E-state index is 12.1. The van der Waals surface area contributed by atoms with Crippen molar-refractivity contribution in [3.8, 4) is 0 Å². The van der Waals surface area contributed by atoms with Gasteiger partial charge in [0.05, 0.1) is 5.69 Å². The summed E-state index contributed by atoms with van der Waals surface area (Å²) in [7, 11) is 1.79. The summed E-state index contributed by atoms with van der Waals surface area (Å²) < 4.78 is 1.62. The van der Waals surface area contributed by atoms with Crippen LogP contribution in [0.25, 0.3) is 0 Å². The highest BCUT2D eigenvalue weighted by molar-refractivity contribution is 5.92. The van der Waals surface area contributed by atoms with Crippen LogP contribution in [0.4, 0.5) is 0 Å². The van der Waals surface area contributed by atoms with Gasteiger partial charge in [0.25, 0.3) is 5.91 Å². The Labute approximate surface area is 115 Å². The molecule has 1 aromatic heterocycles. The predicted molar refractivity (Wildman–Crippen MR) is 77.0 cm³/mol.